The molecule has 2 aliphatic heterocycles. The van der Waals surface area contributed by atoms with Crippen LogP contribution in [0.2, 0.25) is 5.02 Å². The summed E-state index contributed by atoms with van der Waals surface area (Å²) >= 11 is 6.22. The van der Waals surface area contributed by atoms with Gasteiger partial charge >= 0.3 is 12.1 Å². The Morgan fingerprint density at radius 3 is 2.26 bits per heavy atom. The number of benzene rings is 1. The lowest BCUT2D eigenvalue weighted by Gasteiger charge is -2.43. The van der Waals surface area contributed by atoms with Crippen LogP contribution in [0.15, 0.2) is 17.9 Å². The first-order chi connectivity index (χ1) is 16.1. The van der Waals surface area contributed by atoms with Gasteiger partial charge in [0.2, 0.25) is 6.79 Å². The van der Waals surface area contributed by atoms with Gasteiger partial charge in [0.15, 0.2) is 5.76 Å². The smallest absolute Gasteiger partial charge is 0.436 e. The summed E-state index contributed by atoms with van der Waals surface area (Å²) in [4.78, 5) is 48.7. The lowest BCUT2D eigenvalue weighted by atomic mass is 9.85. The van der Waals surface area contributed by atoms with Crippen molar-refractivity contribution in [1.29, 1.82) is 0 Å². The molecular weight excluding hydrogens is 468 g/mol. The van der Waals surface area contributed by atoms with Crippen molar-refractivity contribution in [1.82, 2.24) is 10.1 Å². The van der Waals surface area contributed by atoms with Crippen molar-refractivity contribution >= 4 is 35.2 Å². The van der Waals surface area contributed by atoms with Gasteiger partial charge in [0.05, 0.1) is 19.3 Å². The monoisotopic (exact) mass is 496 g/mol. The fraction of sp³-hybridized carbons (Fsp3) is 0.522. The number of esters is 1. The third kappa shape index (κ3) is 5.05. The molecule has 34 heavy (non-hydrogen) atoms. The predicted octanol–water partition coefficient (Wildman–Crippen LogP) is 3.53. The van der Waals surface area contributed by atoms with Gasteiger partial charge in [-0.05, 0) is 62.4 Å². The second kappa shape index (κ2) is 10.7. The molecule has 1 aromatic carbocycles. The Kier molecular flexibility index (Phi) is 8.19. The van der Waals surface area contributed by atoms with Crippen LogP contribution in [0.3, 0.4) is 0 Å². The van der Waals surface area contributed by atoms with E-state index >= 15 is 0 Å². The van der Waals surface area contributed by atoms with Crippen molar-refractivity contribution in [2.45, 2.75) is 46.1 Å². The standard InChI is InChI=1S/C23H29ClN2O8/c1-6-31-22(29)34-20-19(18-14(2)11-17(24)12-15(18)3)21(28)26(33-13-32-16(4)27)23(20)7-9-25(30-5)10-8-23/h11-12H,6-10,13H2,1-5H3. The third-order valence-corrected chi connectivity index (χ3v) is 6.10. The predicted molar refractivity (Wildman–Crippen MR) is 121 cm³/mol. The van der Waals surface area contributed by atoms with E-state index < -0.39 is 30.4 Å². The summed E-state index contributed by atoms with van der Waals surface area (Å²) in [6, 6.07) is 3.46. The minimum absolute atomic E-state index is 0.103. The number of amides is 1. The Morgan fingerprint density at radius 1 is 1.12 bits per heavy atom. The maximum Gasteiger partial charge on any atom is 0.513 e. The summed E-state index contributed by atoms with van der Waals surface area (Å²) in [5, 5.41) is 3.41. The quantitative estimate of drug-likeness (QED) is 0.414. The van der Waals surface area contributed by atoms with E-state index in [4.69, 9.17) is 35.5 Å². The first-order valence-electron chi connectivity index (χ1n) is 10.9. The van der Waals surface area contributed by atoms with Gasteiger partial charge in [-0.3, -0.25) is 9.59 Å². The summed E-state index contributed by atoms with van der Waals surface area (Å²) < 4.78 is 15.7. The van der Waals surface area contributed by atoms with Crippen LogP contribution in [0.25, 0.3) is 5.57 Å². The minimum Gasteiger partial charge on any atom is -0.436 e. The molecule has 1 fully saturated rings. The fourth-order valence-corrected chi connectivity index (χ4v) is 4.76. The van der Waals surface area contributed by atoms with Crippen molar-refractivity contribution < 1.29 is 38.3 Å². The van der Waals surface area contributed by atoms with Crippen LogP contribution in [0.4, 0.5) is 4.79 Å². The topological polar surface area (TPSA) is 104 Å². The molecule has 2 aliphatic rings. The van der Waals surface area contributed by atoms with E-state index in [1.54, 1.807) is 31.2 Å². The maximum atomic E-state index is 13.8. The van der Waals surface area contributed by atoms with Gasteiger partial charge in [0, 0.05) is 25.0 Å². The first-order valence-corrected chi connectivity index (χ1v) is 11.3. The van der Waals surface area contributed by atoms with Gasteiger partial charge in [-0.1, -0.05) is 11.6 Å². The summed E-state index contributed by atoms with van der Waals surface area (Å²) in [7, 11) is 1.56. The van der Waals surface area contributed by atoms with Gasteiger partial charge in [0.1, 0.15) is 5.54 Å². The molecule has 0 saturated carbocycles. The van der Waals surface area contributed by atoms with Gasteiger partial charge in [-0.25, -0.2) is 9.63 Å². The Bertz CT molecular complexity index is 978. The van der Waals surface area contributed by atoms with E-state index in [9.17, 15) is 14.4 Å². The SMILES string of the molecule is CCOC(=O)OC1=C(c2c(C)cc(Cl)cc2C)C(=O)N(OCOC(C)=O)C12CCN(OC)CC2. The number of ether oxygens (including phenoxy) is 3. The van der Waals surface area contributed by atoms with E-state index in [-0.39, 0.29) is 17.9 Å². The summed E-state index contributed by atoms with van der Waals surface area (Å²) in [5.41, 5.74) is 1.07. The zero-order valence-electron chi connectivity index (χ0n) is 19.9. The lowest BCUT2D eigenvalue weighted by Crippen LogP contribution is -2.55. The average molecular weight is 497 g/mol. The number of aryl methyl sites for hydroxylation is 2. The fourth-order valence-electron chi connectivity index (χ4n) is 4.43. The lowest BCUT2D eigenvalue weighted by molar-refractivity contribution is -0.260. The van der Waals surface area contributed by atoms with Gasteiger partial charge < -0.3 is 19.0 Å². The van der Waals surface area contributed by atoms with Gasteiger partial charge in [-0.2, -0.15) is 10.1 Å². The number of hydroxylamine groups is 4. The number of nitrogens with zero attached hydrogens (tertiary/aromatic N) is 2. The summed E-state index contributed by atoms with van der Waals surface area (Å²) in [6.07, 6.45) is -0.268. The van der Waals surface area contributed by atoms with Crippen molar-refractivity contribution in [3.05, 3.63) is 39.6 Å². The molecule has 2 heterocycles. The first kappa shape index (κ1) is 26.0. The molecule has 11 heteroatoms. The molecule has 0 bridgehead atoms. The maximum absolute atomic E-state index is 13.8. The summed E-state index contributed by atoms with van der Waals surface area (Å²) in [6.45, 7) is 7.02. The number of carbonyl (C=O) groups excluding carboxylic acids is 3. The molecule has 0 unspecified atom stereocenters. The Balaban J connectivity index is 2.17. The van der Waals surface area contributed by atoms with Crippen LogP contribution in [0.5, 0.6) is 0 Å². The van der Waals surface area contributed by atoms with Gasteiger partial charge in [0.25, 0.3) is 5.91 Å². The molecule has 10 nitrogen and oxygen atoms in total. The van der Waals surface area contributed by atoms with E-state index in [2.05, 4.69) is 0 Å². The Labute approximate surface area is 203 Å². The molecule has 186 valence electrons. The van der Waals surface area contributed by atoms with Crippen LogP contribution in [-0.2, 0) is 33.5 Å². The Morgan fingerprint density at radius 2 is 1.74 bits per heavy atom. The van der Waals surface area contributed by atoms with Gasteiger partial charge in [-0.15, -0.1) is 0 Å². The molecule has 1 amide bonds. The Hall–Kier alpha value is -2.66. The molecule has 0 N–H and O–H groups in total. The number of hydrogen-bond donors (Lipinski definition) is 0. The second-order valence-corrected chi connectivity index (χ2v) is 8.47. The normalized spacial score (nSPS) is 17.9. The van der Waals surface area contributed by atoms with Crippen LogP contribution in [-0.4, -0.2) is 67.3 Å². The molecular formula is C23H29ClN2O8. The van der Waals surface area contributed by atoms with Crippen molar-refractivity contribution in [2.75, 3.05) is 33.6 Å². The number of piperidine rings is 1. The van der Waals surface area contributed by atoms with Crippen LogP contribution in [0, 0.1) is 13.8 Å². The van der Waals surface area contributed by atoms with Crippen LogP contribution < -0.4 is 0 Å². The van der Waals surface area contributed by atoms with E-state index in [0.717, 1.165) is 16.2 Å². The van der Waals surface area contributed by atoms with E-state index in [1.807, 2.05) is 13.8 Å². The highest BCUT2D eigenvalue weighted by Gasteiger charge is 2.57. The minimum atomic E-state index is -1.15. The van der Waals surface area contributed by atoms with E-state index in [1.165, 1.54) is 6.92 Å². The third-order valence-electron chi connectivity index (χ3n) is 5.88. The van der Waals surface area contributed by atoms with E-state index in [0.29, 0.717) is 36.5 Å². The van der Waals surface area contributed by atoms with Crippen molar-refractivity contribution in [2.24, 2.45) is 0 Å². The average Bonchev–Trinajstić information content (AvgIpc) is 2.96. The second-order valence-electron chi connectivity index (χ2n) is 8.03. The number of carbonyl (C=O) groups is 3. The number of hydrogen-bond acceptors (Lipinski definition) is 9. The van der Waals surface area contributed by atoms with Crippen molar-refractivity contribution in [3.8, 4) is 0 Å². The van der Waals surface area contributed by atoms with Crippen LogP contribution >= 0.6 is 11.6 Å². The zero-order chi connectivity index (χ0) is 25.0. The zero-order valence-corrected chi connectivity index (χ0v) is 20.7. The molecule has 0 atom stereocenters. The molecule has 0 aromatic heterocycles. The molecule has 0 aliphatic carbocycles. The largest absolute Gasteiger partial charge is 0.513 e. The highest BCUT2D eigenvalue weighted by atomic mass is 35.5. The highest BCUT2D eigenvalue weighted by molar-refractivity contribution is 6.31. The molecule has 1 spiro atoms. The molecule has 0 radical (unpaired) electrons. The number of rotatable bonds is 7. The molecule has 3 rings (SSSR count). The number of halogens is 1. The molecule has 1 saturated heterocycles. The molecule has 1 aromatic rings. The summed E-state index contributed by atoms with van der Waals surface area (Å²) in [5.74, 6) is -0.954. The van der Waals surface area contributed by atoms with Crippen molar-refractivity contribution in [3.63, 3.8) is 0 Å². The highest BCUT2D eigenvalue weighted by Crippen LogP contribution is 2.48. The van der Waals surface area contributed by atoms with Crippen LogP contribution in [0.1, 0.15) is 43.4 Å².